The summed E-state index contributed by atoms with van der Waals surface area (Å²) in [5, 5.41) is 20.0. The standard InChI is InChI=1S/C17H16N4O2/c18-10-12-3-1-6-14(9-12)15-7-8-16(21-20-15)19-11-23-17(22)13-4-2-5-13/h1,3,6-9,13H,2,4-5,11H2,(H,19,21). The number of aromatic nitrogens is 2. The maximum absolute atomic E-state index is 11.6. The molecule has 0 aliphatic heterocycles. The lowest BCUT2D eigenvalue weighted by Gasteiger charge is -2.23. The molecule has 0 bridgehead atoms. The van der Waals surface area contributed by atoms with E-state index in [-0.39, 0.29) is 18.6 Å². The molecule has 1 fully saturated rings. The maximum atomic E-state index is 11.6. The average molecular weight is 308 g/mol. The molecule has 1 aliphatic carbocycles. The van der Waals surface area contributed by atoms with E-state index in [0.717, 1.165) is 24.8 Å². The van der Waals surface area contributed by atoms with Gasteiger partial charge in [0.1, 0.15) is 0 Å². The van der Waals surface area contributed by atoms with E-state index in [4.69, 9.17) is 10.00 Å². The van der Waals surface area contributed by atoms with E-state index in [0.29, 0.717) is 17.1 Å². The molecular weight excluding hydrogens is 292 g/mol. The Bertz CT molecular complexity index is 733. The molecule has 116 valence electrons. The summed E-state index contributed by atoms with van der Waals surface area (Å²) >= 11 is 0. The van der Waals surface area contributed by atoms with Gasteiger partial charge in [0.25, 0.3) is 0 Å². The van der Waals surface area contributed by atoms with Crippen molar-refractivity contribution in [2.45, 2.75) is 19.3 Å². The van der Waals surface area contributed by atoms with Crippen LogP contribution in [0.3, 0.4) is 0 Å². The van der Waals surface area contributed by atoms with Crippen LogP contribution in [0.15, 0.2) is 36.4 Å². The molecule has 6 heteroatoms. The Kier molecular flexibility index (Phi) is 4.48. The summed E-state index contributed by atoms with van der Waals surface area (Å²) in [6.07, 6.45) is 2.96. The van der Waals surface area contributed by atoms with E-state index in [2.05, 4.69) is 21.6 Å². The second-order valence-corrected chi connectivity index (χ2v) is 5.41. The minimum atomic E-state index is -0.151. The van der Waals surface area contributed by atoms with Crippen LogP contribution in [-0.4, -0.2) is 22.9 Å². The molecule has 0 unspecified atom stereocenters. The zero-order valence-corrected chi connectivity index (χ0v) is 12.5. The molecule has 0 radical (unpaired) electrons. The van der Waals surface area contributed by atoms with Gasteiger partial charge in [-0.3, -0.25) is 4.79 Å². The first-order chi connectivity index (χ1) is 11.3. The maximum Gasteiger partial charge on any atom is 0.310 e. The Morgan fingerprint density at radius 1 is 1.30 bits per heavy atom. The monoisotopic (exact) mass is 308 g/mol. The summed E-state index contributed by atoms with van der Waals surface area (Å²) in [7, 11) is 0. The number of ether oxygens (including phenoxy) is 1. The number of rotatable bonds is 5. The molecule has 23 heavy (non-hydrogen) atoms. The summed E-state index contributed by atoms with van der Waals surface area (Å²) in [4.78, 5) is 11.6. The topological polar surface area (TPSA) is 87.9 Å². The molecule has 0 spiro atoms. The van der Waals surface area contributed by atoms with E-state index < -0.39 is 0 Å². The predicted molar refractivity (Wildman–Crippen MR) is 84.1 cm³/mol. The second kappa shape index (κ2) is 6.88. The minimum absolute atomic E-state index is 0.0673. The van der Waals surface area contributed by atoms with E-state index in [9.17, 15) is 4.79 Å². The molecule has 3 rings (SSSR count). The molecule has 0 atom stereocenters. The van der Waals surface area contributed by atoms with Crippen molar-refractivity contribution >= 4 is 11.8 Å². The number of carbonyl (C=O) groups excluding carboxylic acids is 1. The van der Waals surface area contributed by atoms with E-state index in [1.54, 1.807) is 24.3 Å². The molecule has 0 amide bonds. The van der Waals surface area contributed by atoms with Crippen molar-refractivity contribution in [2.75, 3.05) is 12.0 Å². The Morgan fingerprint density at radius 2 is 2.17 bits per heavy atom. The zero-order valence-electron chi connectivity index (χ0n) is 12.5. The Morgan fingerprint density at radius 3 is 2.83 bits per heavy atom. The SMILES string of the molecule is N#Cc1cccc(-c2ccc(NCOC(=O)C3CCC3)nn2)c1. The summed E-state index contributed by atoms with van der Waals surface area (Å²) in [6, 6.07) is 12.8. The van der Waals surface area contributed by atoms with Gasteiger partial charge in [-0.25, -0.2) is 0 Å². The number of nitriles is 1. The molecular formula is C17H16N4O2. The fraction of sp³-hybridized carbons (Fsp3) is 0.294. The van der Waals surface area contributed by atoms with Gasteiger partial charge in [0.2, 0.25) is 0 Å². The molecule has 1 heterocycles. The van der Waals surface area contributed by atoms with Gasteiger partial charge in [0, 0.05) is 5.56 Å². The van der Waals surface area contributed by atoms with Crippen molar-refractivity contribution < 1.29 is 9.53 Å². The third-order valence-electron chi connectivity index (χ3n) is 3.86. The third-order valence-corrected chi connectivity index (χ3v) is 3.86. The highest BCUT2D eigenvalue weighted by atomic mass is 16.5. The number of nitrogens with zero attached hydrogens (tertiary/aromatic N) is 3. The molecule has 1 N–H and O–H groups in total. The predicted octanol–water partition coefficient (Wildman–Crippen LogP) is 2.73. The first-order valence-electron chi connectivity index (χ1n) is 7.51. The van der Waals surface area contributed by atoms with Gasteiger partial charge < -0.3 is 10.1 Å². The lowest BCUT2D eigenvalue weighted by Crippen LogP contribution is -2.26. The van der Waals surface area contributed by atoms with Gasteiger partial charge in [0.15, 0.2) is 12.5 Å². The van der Waals surface area contributed by atoms with Gasteiger partial charge in [-0.2, -0.15) is 5.26 Å². The summed E-state index contributed by atoms with van der Waals surface area (Å²) < 4.78 is 5.14. The fourth-order valence-electron chi connectivity index (χ4n) is 2.27. The highest BCUT2D eigenvalue weighted by Gasteiger charge is 2.26. The smallest absolute Gasteiger partial charge is 0.310 e. The van der Waals surface area contributed by atoms with Crippen LogP contribution in [0.2, 0.25) is 0 Å². The first kappa shape index (κ1) is 15.0. The molecule has 0 saturated heterocycles. The largest absolute Gasteiger partial charge is 0.444 e. The number of hydrogen-bond donors (Lipinski definition) is 1. The lowest BCUT2D eigenvalue weighted by molar-refractivity contribution is -0.150. The quantitative estimate of drug-likeness (QED) is 0.675. The van der Waals surface area contributed by atoms with E-state index >= 15 is 0 Å². The molecule has 1 aliphatic rings. The highest BCUT2D eigenvalue weighted by molar-refractivity contribution is 5.73. The molecule has 1 aromatic carbocycles. The molecule has 2 aromatic rings. The molecule has 1 aromatic heterocycles. The first-order valence-corrected chi connectivity index (χ1v) is 7.51. The van der Waals surface area contributed by atoms with Crippen molar-refractivity contribution in [1.29, 1.82) is 5.26 Å². The average Bonchev–Trinajstić information content (AvgIpc) is 2.54. The number of benzene rings is 1. The highest BCUT2D eigenvalue weighted by Crippen LogP contribution is 2.27. The molecule has 1 saturated carbocycles. The Hall–Kier alpha value is -2.94. The number of anilines is 1. The van der Waals surface area contributed by atoms with Crippen LogP contribution in [-0.2, 0) is 9.53 Å². The zero-order chi connectivity index (χ0) is 16.1. The van der Waals surface area contributed by atoms with Gasteiger partial charge >= 0.3 is 5.97 Å². The third kappa shape index (κ3) is 3.64. The number of nitrogens with one attached hydrogen (secondary N) is 1. The second-order valence-electron chi connectivity index (χ2n) is 5.41. The normalized spacial score (nSPS) is 13.7. The van der Waals surface area contributed by atoms with Crippen molar-refractivity contribution in [2.24, 2.45) is 5.92 Å². The van der Waals surface area contributed by atoms with E-state index in [1.807, 2.05) is 12.1 Å². The van der Waals surface area contributed by atoms with E-state index in [1.165, 1.54) is 0 Å². The van der Waals surface area contributed by atoms with Crippen LogP contribution >= 0.6 is 0 Å². The summed E-state index contributed by atoms with van der Waals surface area (Å²) in [5.41, 5.74) is 2.09. The summed E-state index contributed by atoms with van der Waals surface area (Å²) in [5.74, 6) is 0.450. The Balaban J connectivity index is 1.56. The summed E-state index contributed by atoms with van der Waals surface area (Å²) in [6.45, 7) is 0.0906. The number of esters is 1. The van der Waals surface area contributed by atoms with Crippen molar-refractivity contribution in [1.82, 2.24) is 10.2 Å². The molecule has 6 nitrogen and oxygen atoms in total. The van der Waals surface area contributed by atoms with Crippen LogP contribution in [0.25, 0.3) is 11.3 Å². The van der Waals surface area contributed by atoms with Crippen LogP contribution < -0.4 is 5.32 Å². The minimum Gasteiger partial charge on any atom is -0.444 e. The number of carbonyl (C=O) groups is 1. The van der Waals surface area contributed by atoms with Gasteiger partial charge in [-0.1, -0.05) is 18.6 Å². The van der Waals surface area contributed by atoms with Crippen LogP contribution in [0.1, 0.15) is 24.8 Å². The van der Waals surface area contributed by atoms with Crippen LogP contribution in [0, 0.1) is 17.2 Å². The Labute approximate surface area is 134 Å². The van der Waals surface area contributed by atoms with Crippen LogP contribution in [0.5, 0.6) is 0 Å². The van der Waals surface area contributed by atoms with Crippen molar-refractivity contribution in [3.05, 3.63) is 42.0 Å². The van der Waals surface area contributed by atoms with Crippen LogP contribution in [0.4, 0.5) is 5.82 Å². The van der Waals surface area contributed by atoms with Gasteiger partial charge in [-0.15, -0.1) is 10.2 Å². The van der Waals surface area contributed by atoms with Gasteiger partial charge in [0.05, 0.1) is 23.2 Å². The lowest BCUT2D eigenvalue weighted by atomic mass is 9.86. The fourth-order valence-corrected chi connectivity index (χ4v) is 2.27. The van der Waals surface area contributed by atoms with Crippen molar-refractivity contribution in [3.8, 4) is 17.3 Å². The number of hydrogen-bond acceptors (Lipinski definition) is 6. The van der Waals surface area contributed by atoms with Gasteiger partial charge in [-0.05, 0) is 37.1 Å². The van der Waals surface area contributed by atoms with Crippen molar-refractivity contribution in [3.63, 3.8) is 0 Å².